The van der Waals surface area contributed by atoms with E-state index in [9.17, 15) is 4.79 Å². The molecule has 5 aromatic rings. The zero-order chi connectivity index (χ0) is 26.0. The van der Waals surface area contributed by atoms with E-state index in [0.29, 0.717) is 18.0 Å². The average Bonchev–Trinajstić information content (AvgIpc) is 3.43. The van der Waals surface area contributed by atoms with Crippen LogP contribution in [-0.4, -0.2) is 54.3 Å². The van der Waals surface area contributed by atoms with Crippen molar-refractivity contribution in [1.82, 2.24) is 33.6 Å². The molecule has 0 spiro atoms. The van der Waals surface area contributed by atoms with Crippen LogP contribution in [0.2, 0.25) is 0 Å². The number of likely N-dealkylation sites (N-methyl/N-ethyl adjacent to an activating group) is 1. The maximum atomic E-state index is 12.9. The summed E-state index contributed by atoms with van der Waals surface area (Å²) in [6.07, 6.45) is 5.36. The molecule has 5 aromatic heterocycles. The molecule has 0 aromatic carbocycles. The first kappa shape index (κ1) is 25.1. The fourth-order valence-corrected chi connectivity index (χ4v) is 4.49. The van der Waals surface area contributed by atoms with Gasteiger partial charge in [-0.1, -0.05) is 19.9 Å². The number of nitrogens with zero attached hydrogens (tertiary/aromatic N) is 7. The summed E-state index contributed by atoms with van der Waals surface area (Å²) in [5.41, 5.74) is 11.5. The lowest BCUT2D eigenvalue weighted by Crippen LogP contribution is -2.25. The van der Waals surface area contributed by atoms with Crippen molar-refractivity contribution >= 4 is 22.4 Å². The number of nitrogen functional groups attached to an aromatic ring is 1. The third kappa shape index (κ3) is 4.49. The number of hydrogen-bond donors (Lipinski definition) is 1. The zero-order valence-corrected chi connectivity index (χ0v) is 21.8. The van der Waals surface area contributed by atoms with Crippen LogP contribution in [-0.2, 0) is 6.54 Å². The van der Waals surface area contributed by atoms with Crippen molar-refractivity contribution in [3.63, 3.8) is 0 Å². The summed E-state index contributed by atoms with van der Waals surface area (Å²) < 4.78 is 5.75. The van der Waals surface area contributed by atoms with E-state index < -0.39 is 0 Å². The van der Waals surface area contributed by atoms with E-state index in [1.54, 1.807) is 10.6 Å². The summed E-state index contributed by atoms with van der Waals surface area (Å²) in [4.78, 5) is 23.6. The van der Waals surface area contributed by atoms with Gasteiger partial charge in [0.25, 0.3) is 5.56 Å². The zero-order valence-electron chi connectivity index (χ0n) is 21.8. The molecule has 0 bridgehead atoms. The highest BCUT2D eigenvalue weighted by molar-refractivity contribution is 5.88. The fraction of sp³-hybridized carbons (Fsp3) is 0.333. The molecular formula is C27H34N8O. The lowest BCUT2D eigenvalue weighted by molar-refractivity contribution is 0.381. The summed E-state index contributed by atoms with van der Waals surface area (Å²) in [6.45, 7) is 9.44. The van der Waals surface area contributed by atoms with E-state index in [4.69, 9.17) is 10.8 Å². The molecule has 188 valence electrons. The predicted octanol–water partition coefficient (Wildman–Crippen LogP) is 4.00. The topological polar surface area (TPSA) is 99.3 Å². The Balaban J connectivity index is 0.00000148. The second-order valence-corrected chi connectivity index (χ2v) is 8.86. The Morgan fingerprint density at radius 3 is 2.58 bits per heavy atom. The lowest BCUT2D eigenvalue weighted by Gasteiger charge is -2.16. The highest BCUT2D eigenvalue weighted by atomic mass is 16.1. The molecule has 0 radical (unpaired) electrons. The Morgan fingerprint density at radius 2 is 1.86 bits per heavy atom. The van der Waals surface area contributed by atoms with E-state index in [1.165, 1.54) is 6.33 Å². The van der Waals surface area contributed by atoms with E-state index in [0.717, 1.165) is 40.0 Å². The lowest BCUT2D eigenvalue weighted by atomic mass is 10.0. The average molecular weight is 487 g/mol. The van der Waals surface area contributed by atoms with Crippen LogP contribution in [0.15, 0.2) is 59.9 Å². The highest BCUT2D eigenvalue weighted by Gasteiger charge is 2.23. The first-order chi connectivity index (χ1) is 17.3. The number of hydrogen-bond acceptors (Lipinski definition) is 6. The van der Waals surface area contributed by atoms with Gasteiger partial charge in [0.05, 0.1) is 22.8 Å². The van der Waals surface area contributed by atoms with Gasteiger partial charge in [-0.2, -0.15) is 5.10 Å². The van der Waals surface area contributed by atoms with Gasteiger partial charge in [-0.15, -0.1) is 0 Å². The number of rotatable bonds is 6. The van der Waals surface area contributed by atoms with Crippen LogP contribution in [0.3, 0.4) is 0 Å². The summed E-state index contributed by atoms with van der Waals surface area (Å²) >= 11 is 0. The molecule has 2 N–H and O–H groups in total. The van der Waals surface area contributed by atoms with E-state index in [2.05, 4.69) is 38.3 Å². The van der Waals surface area contributed by atoms with Crippen molar-refractivity contribution in [2.24, 2.45) is 0 Å². The molecule has 1 atom stereocenters. The van der Waals surface area contributed by atoms with Gasteiger partial charge in [-0.05, 0) is 52.2 Å². The maximum absolute atomic E-state index is 12.9. The molecule has 1 unspecified atom stereocenters. The summed E-state index contributed by atoms with van der Waals surface area (Å²) in [5.74, 6) is 0.421. The second-order valence-electron chi connectivity index (χ2n) is 8.86. The normalized spacial score (nSPS) is 12.2. The van der Waals surface area contributed by atoms with Gasteiger partial charge >= 0.3 is 0 Å². The Bertz CT molecular complexity index is 1560. The summed E-state index contributed by atoms with van der Waals surface area (Å²) in [5, 5.41) is 5.53. The van der Waals surface area contributed by atoms with Gasteiger partial charge in [0.2, 0.25) is 0 Å². The number of fused-ring (bicyclic) bond motifs is 2. The standard InChI is InChI=1S/C25H28N8O.C2H6/c1-16-22-24(26)27-15-28-25(22)33(29-16)17(2)20-14-19-7-5-6-9-32(19)23(20)18-8-10-31(21(34)13-18)12-11-30(3)4;1-2/h5-10,13-15,17H,11-12H2,1-4H3,(H2,26,27,28);1-2H3. The van der Waals surface area contributed by atoms with Crippen LogP contribution in [0, 0.1) is 6.92 Å². The Labute approximate surface area is 210 Å². The van der Waals surface area contributed by atoms with Crippen molar-refractivity contribution in [2.45, 2.75) is 40.3 Å². The SMILES string of the molecule is CC.Cc1nn(C(C)c2cc3ccccn3c2-c2ccn(CCN(C)C)c(=O)c2)c2ncnc(N)c12. The molecular weight excluding hydrogens is 452 g/mol. The molecule has 9 heteroatoms. The number of pyridine rings is 2. The minimum atomic E-state index is -0.156. The Kier molecular flexibility index (Phi) is 7.21. The molecule has 5 heterocycles. The molecule has 0 fully saturated rings. The first-order valence-corrected chi connectivity index (χ1v) is 12.3. The van der Waals surface area contributed by atoms with Crippen LogP contribution in [0.25, 0.3) is 27.8 Å². The minimum absolute atomic E-state index is 0.0234. The number of aryl methyl sites for hydroxylation is 1. The van der Waals surface area contributed by atoms with E-state index in [1.807, 2.05) is 70.1 Å². The van der Waals surface area contributed by atoms with Gasteiger partial charge in [-0.3, -0.25) is 4.79 Å². The fourth-order valence-electron chi connectivity index (χ4n) is 4.49. The van der Waals surface area contributed by atoms with Crippen molar-refractivity contribution in [1.29, 1.82) is 0 Å². The van der Waals surface area contributed by atoms with Gasteiger partial charge in [0, 0.05) is 48.2 Å². The van der Waals surface area contributed by atoms with Gasteiger partial charge < -0.3 is 19.6 Å². The van der Waals surface area contributed by atoms with Gasteiger partial charge in [0.1, 0.15) is 12.1 Å². The number of nitrogens with two attached hydrogens (primary N) is 1. The Hall–Kier alpha value is -3.98. The Morgan fingerprint density at radius 1 is 1.08 bits per heavy atom. The molecule has 36 heavy (non-hydrogen) atoms. The third-order valence-corrected chi connectivity index (χ3v) is 6.28. The first-order valence-electron chi connectivity index (χ1n) is 12.3. The van der Waals surface area contributed by atoms with E-state index >= 15 is 0 Å². The molecule has 0 saturated heterocycles. The van der Waals surface area contributed by atoms with Crippen LogP contribution in [0.4, 0.5) is 5.82 Å². The van der Waals surface area contributed by atoms with Crippen LogP contribution in [0.1, 0.15) is 38.1 Å². The highest BCUT2D eigenvalue weighted by Crippen LogP contribution is 2.35. The molecule has 9 nitrogen and oxygen atoms in total. The van der Waals surface area contributed by atoms with Crippen molar-refractivity contribution in [2.75, 3.05) is 26.4 Å². The molecule has 0 saturated carbocycles. The summed E-state index contributed by atoms with van der Waals surface area (Å²) in [6, 6.07) is 11.8. The summed E-state index contributed by atoms with van der Waals surface area (Å²) in [7, 11) is 4.00. The largest absolute Gasteiger partial charge is 0.383 e. The van der Waals surface area contributed by atoms with E-state index in [-0.39, 0.29) is 11.6 Å². The predicted molar refractivity (Wildman–Crippen MR) is 145 cm³/mol. The third-order valence-electron chi connectivity index (χ3n) is 6.28. The smallest absolute Gasteiger partial charge is 0.251 e. The van der Waals surface area contributed by atoms with Crippen molar-refractivity contribution < 1.29 is 0 Å². The number of anilines is 1. The molecule has 0 aliphatic carbocycles. The molecule has 5 rings (SSSR count). The van der Waals surface area contributed by atoms with Crippen LogP contribution in [0.5, 0.6) is 0 Å². The second kappa shape index (κ2) is 10.3. The minimum Gasteiger partial charge on any atom is -0.383 e. The van der Waals surface area contributed by atoms with Gasteiger partial charge in [-0.25, -0.2) is 14.6 Å². The van der Waals surface area contributed by atoms with Crippen molar-refractivity contribution in [3.05, 3.63) is 76.7 Å². The molecule has 0 amide bonds. The quantitative estimate of drug-likeness (QED) is 0.390. The molecule has 0 aliphatic heterocycles. The maximum Gasteiger partial charge on any atom is 0.251 e. The van der Waals surface area contributed by atoms with Crippen molar-refractivity contribution in [3.8, 4) is 11.3 Å². The van der Waals surface area contributed by atoms with Crippen LogP contribution >= 0.6 is 0 Å². The number of aromatic nitrogens is 6. The molecule has 0 aliphatic rings. The monoisotopic (exact) mass is 486 g/mol. The van der Waals surface area contributed by atoms with Crippen LogP contribution < -0.4 is 11.3 Å². The van der Waals surface area contributed by atoms with Gasteiger partial charge in [0.15, 0.2) is 5.65 Å².